The van der Waals surface area contributed by atoms with Crippen LogP contribution in [0.25, 0.3) is 0 Å². The van der Waals surface area contributed by atoms with Gasteiger partial charge < -0.3 is 5.32 Å². The van der Waals surface area contributed by atoms with E-state index in [1.807, 2.05) is 7.05 Å². The molecule has 0 bridgehead atoms. The van der Waals surface area contributed by atoms with Gasteiger partial charge in [-0.05, 0) is 68.8 Å². The second-order valence-electron chi connectivity index (χ2n) is 5.91. The Balaban J connectivity index is 2.06. The van der Waals surface area contributed by atoms with E-state index < -0.39 is 0 Å². The van der Waals surface area contributed by atoms with Crippen molar-refractivity contribution in [3.8, 4) is 0 Å². The zero-order chi connectivity index (χ0) is 14.6. The molecule has 0 unspecified atom stereocenters. The fraction of sp³-hybridized carbons (Fsp3) is 0.625. The molecule has 1 aromatic carbocycles. The van der Waals surface area contributed by atoms with Crippen LogP contribution in [0, 0.1) is 5.41 Å². The number of nitrogens with one attached hydrogen (secondary N) is 1. The van der Waals surface area contributed by atoms with E-state index in [1.165, 1.54) is 32.1 Å². The zero-order valence-corrected chi connectivity index (χ0v) is 14.2. The molecule has 4 heteroatoms. The molecule has 0 aliphatic heterocycles. The molecule has 0 amide bonds. The van der Waals surface area contributed by atoms with Gasteiger partial charge in [-0.3, -0.25) is 0 Å². The van der Waals surface area contributed by atoms with Gasteiger partial charge in [-0.15, -0.1) is 0 Å². The van der Waals surface area contributed by atoms with E-state index in [1.54, 1.807) is 12.1 Å². The van der Waals surface area contributed by atoms with Crippen LogP contribution in [0.1, 0.15) is 44.1 Å². The van der Waals surface area contributed by atoms with Crippen LogP contribution in [-0.2, 0) is 6.42 Å². The van der Waals surface area contributed by atoms with E-state index in [9.17, 15) is 0 Å². The van der Waals surface area contributed by atoms with Crippen molar-refractivity contribution in [1.82, 2.24) is 5.32 Å². The molecule has 1 aromatic rings. The van der Waals surface area contributed by atoms with Gasteiger partial charge in [0, 0.05) is 15.1 Å². The Morgan fingerprint density at radius 2 is 1.65 bits per heavy atom. The molecule has 20 heavy (non-hydrogen) atoms. The van der Waals surface area contributed by atoms with Crippen molar-refractivity contribution in [3.05, 3.63) is 32.8 Å². The minimum absolute atomic E-state index is 0.468. The van der Waals surface area contributed by atoms with Crippen LogP contribution in [0.5, 0.6) is 0 Å². The number of halogens is 3. The van der Waals surface area contributed by atoms with E-state index in [0.29, 0.717) is 20.5 Å². The van der Waals surface area contributed by atoms with Crippen LogP contribution in [0.15, 0.2) is 12.1 Å². The summed E-state index contributed by atoms with van der Waals surface area (Å²) in [4.78, 5) is 0. The number of rotatable bonds is 6. The van der Waals surface area contributed by atoms with Gasteiger partial charge in [0.05, 0.1) is 0 Å². The van der Waals surface area contributed by atoms with Crippen molar-refractivity contribution >= 4 is 34.8 Å². The van der Waals surface area contributed by atoms with Gasteiger partial charge >= 0.3 is 0 Å². The average molecular weight is 335 g/mol. The standard InChI is InChI=1S/C16H22Cl3N/c1-20-9-8-16(5-2-3-6-16)7-4-13-14(18)10-12(17)11-15(13)19/h10-11,20H,2-9H2,1H3. The van der Waals surface area contributed by atoms with Gasteiger partial charge in [0.15, 0.2) is 0 Å². The maximum atomic E-state index is 6.29. The second kappa shape index (κ2) is 7.35. The molecule has 0 spiro atoms. The van der Waals surface area contributed by atoms with Crippen LogP contribution in [0.3, 0.4) is 0 Å². The van der Waals surface area contributed by atoms with Crippen LogP contribution >= 0.6 is 34.8 Å². The highest BCUT2D eigenvalue weighted by Crippen LogP contribution is 2.45. The van der Waals surface area contributed by atoms with Crippen molar-refractivity contribution in [2.45, 2.75) is 44.9 Å². The minimum atomic E-state index is 0.468. The number of hydrogen-bond acceptors (Lipinski definition) is 1. The Morgan fingerprint density at radius 1 is 1.05 bits per heavy atom. The SMILES string of the molecule is CNCCC1(CCc2c(Cl)cc(Cl)cc2Cl)CCCC1. The normalized spacial score (nSPS) is 17.6. The Kier molecular flexibility index (Phi) is 6.04. The van der Waals surface area contributed by atoms with Crippen LogP contribution < -0.4 is 5.32 Å². The minimum Gasteiger partial charge on any atom is -0.320 e. The zero-order valence-electron chi connectivity index (χ0n) is 11.9. The van der Waals surface area contributed by atoms with Crippen molar-refractivity contribution < 1.29 is 0 Å². The van der Waals surface area contributed by atoms with Crippen molar-refractivity contribution in [2.75, 3.05) is 13.6 Å². The van der Waals surface area contributed by atoms with Gasteiger partial charge in [-0.2, -0.15) is 0 Å². The predicted molar refractivity (Wildman–Crippen MR) is 89.2 cm³/mol. The van der Waals surface area contributed by atoms with Gasteiger partial charge in [0.1, 0.15) is 0 Å². The smallest absolute Gasteiger partial charge is 0.0467 e. The lowest BCUT2D eigenvalue weighted by Gasteiger charge is -2.29. The molecule has 1 nitrogen and oxygen atoms in total. The highest BCUT2D eigenvalue weighted by Gasteiger charge is 2.33. The van der Waals surface area contributed by atoms with E-state index in [-0.39, 0.29) is 0 Å². The predicted octanol–water partition coefficient (Wildman–Crippen LogP) is 5.75. The lowest BCUT2D eigenvalue weighted by atomic mass is 9.77. The molecule has 1 N–H and O–H groups in total. The summed E-state index contributed by atoms with van der Waals surface area (Å²) in [6.07, 6.45) is 8.72. The maximum Gasteiger partial charge on any atom is 0.0467 e. The van der Waals surface area contributed by atoms with Gasteiger partial charge in [0.2, 0.25) is 0 Å². The number of hydrogen-bond donors (Lipinski definition) is 1. The first kappa shape index (κ1) is 16.4. The molecular weight excluding hydrogens is 313 g/mol. The first-order valence-corrected chi connectivity index (χ1v) is 8.48. The topological polar surface area (TPSA) is 12.0 Å². The molecule has 0 aromatic heterocycles. The summed E-state index contributed by atoms with van der Waals surface area (Å²) in [7, 11) is 2.02. The molecule has 1 aliphatic carbocycles. The van der Waals surface area contributed by atoms with Gasteiger partial charge in [-0.25, -0.2) is 0 Å². The highest BCUT2D eigenvalue weighted by atomic mass is 35.5. The summed E-state index contributed by atoms with van der Waals surface area (Å²) in [5.41, 5.74) is 1.52. The second-order valence-corrected chi connectivity index (χ2v) is 7.16. The molecular formula is C16H22Cl3N. The lowest BCUT2D eigenvalue weighted by molar-refractivity contribution is 0.247. The first-order valence-electron chi connectivity index (χ1n) is 7.34. The lowest BCUT2D eigenvalue weighted by Crippen LogP contribution is -2.23. The van der Waals surface area contributed by atoms with Gasteiger partial charge in [-0.1, -0.05) is 47.6 Å². The summed E-state index contributed by atoms with van der Waals surface area (Å²) in [5, 5.41) is 5.28. The van der Waals surface area contributed by atoms with Crippen molar-refractivity contribution in [3.63, 3.8) is 0 Å². The molecule has 1 fully saturated rings. The molecule has 0 radical (unpaired) electrons. The quantitative estimate of drug-likeness (QED) is 0.698. The largest absolute Gasteiger partial charge is 0.320 e. The Labute approximate surface area is 137 Å². The monoisotopic (exact) mass is 333 g/mol. The van der Waals surface area contributed by atoms with Crippen LogP contribution in [0.2, 0.25) is 15.1 Å². The third kappa shape index (κ3) is 4.04. The molecule has 0 saturated heterocycles. The molecule has 0 atom stereocenters. The van der Waals surface area contributed by atoms with E-state index in [0.717, 1.165) is 24.9 Å². The third-order valence-corrected chi connectivity index (χ3v) is 5.47. The van der Waals surface area contributed by atoms with E-state index in [4.69, 9.17) is 34.8 Å². The van der Waals surface area contributed by atoms with Crippen LogP contribution in [0.4, 0.5) is 0 Å². The van der Waals surface area contributed by atoms with E-state index in [2.05, 4.69) is 5.32 Å². The molecule has 0 heterocycles. The Bertz CT molecular complexity index is 430. The summed E-state index contributed by atoms with van der Waals surface area (Å²) >= 11 is 18.5. The molecule has 2 rings (SSSR count). The van der Waals surface area contributed by atoms with Gasteiger partial charge in [0.25, 0.3) is 0 Å². The third-order valence-electron chi connectivity index (χ3n) is 4.58. The first-order chi connectivity index (χ1) is 9.56. The summed E-state index contributed by atoms with van der Waals surface area (Å²) in [6, 6.07) is 3.58. The average Bonchev–Trinajstić information content (AvgIpc) is 2.84. The summed E-state index contributed by atoms with van der Waals surface area (Å²) in [6.45, 7) is 1.09. The van der Waals surface area contributed by atoms with Crippen LogP contribution in [-0.4, -0.2) is 13.6 Å². The molecule has 1 aliphatic rings. The molecule has 1 saturated carbocycles. The fourth-order valence-electron chi connectivity index (χ4n) is 3.34. The highest BCUT2D eigenvalue weighted by molar-refractivity contribution is 6.39. The number of benzene rings is 1. The Morgan fingerprint density at radius 3 is 2.20 bits per heavy atom. The summed E-state index contributed by atoms with van der Waals surface area (Å²) in [5.74, 6) is 0. The van der Waals surface area contributed by atoms with E-state index >= 15 is 0 Å². The van der Waals surface area contributed by atoms with Crippen molar-refractivity contribution in [2.24, 2.45) is 5.41 Å². The fourth-order valence-corrected chi connectivity index (χ4v) is 4.35. The molecule has 112 valence electrons. The van der Waals surface area contributed by atoms with Crippen molar-refractivity contribution in [1.29, 1.82) is 0 Å². The summed E-state index contributed by atoms with van der Waals surface area (Å²) < 4.78 is 0. The maximum absolute atomic E-state index is 6.29. The Hall–Kier alpha value is 0.0500.